The highest BCUT2D eigenvalue weighted by molar-refractivity contribution is 7.13. The zero-order chi connectivity index (χ0) is 22.9. The van der Waals surface area contributed by atoms with Gasteiger partial charge >= 0.3 is 0 Å². The molecule has 0 spiro atoms. The lowest BCUT2D eigenvalue weighted by Crippen LogP contribution is -1.79. The fraction of sp³-hybridized carbons (Fsp3) is 0. The molecule has 164 valence electrons. The summed E-state index contributed by atoms with van der Waals surface area (Å²) in [5.41, 5.74) is 7.24. The lowest BCUT2D eigenvalue weighted by Gasteiger charge is -2.04. The molecule has 3 heterocycles. The molecule has 0 atom stereocenters. The summed E-state index contributed by atoms with van der Waals surface area (Å²) >= 11 is 1.76. The lowest BCUT2D eigenvalue weighted by molar-refractivity contribution is 0.668. The molecular weight excluding hydrogens is 448 g/mol. The molecule has 0 unspecified atom stereocenters. The number of furan rings is 2. The predicted molar refractivity (Wildman–Crippen MR) is 147 cm³/mol. The van der Waals surface area contributed by atoms with Crippen molar-refractivity contribution in [2.24, 2.45) is 0 Å². The quantitative estimate of drug-likeness (QED) is 0.253. The molecule has 3 heteroatoms. The van der Waals surface area contributed by atoms with Crippen molar-refractivity contribution in [3.05, 3.63) is 109 Å². The Morgan fingerprint density at radius 3 is 1.66 bits per heavy atom. The Kier molecular flexibility index (Phi) is 3.85. The minimum atomic E-state index is 0.907. The van der Waals surface area contributed by atoms with E-state index in [2.05, 4.69) is 102 Å². The molecule has 0 radical (unpaired) electrons. The Morgan fingerprint density at radius 2 is 1.03 bits per heavy atom. The molecule has 8 rings (SSSR count). The molecule has 2 nitrogen and oxygen atoms in total. The molecule has 0 amide bonds. The first kappa shape index (κ1) is 19.0. The Bertz CT molecular complexity index is 2040. The van der Waals surface area contributed by atoms with Crippen LogP contribution in [0.3, 0.4) is 0 Å². The number of hydrogen-bond acceptors (Lipinski definition) is 3. The van der Waals surface area contributed by atoms with Crippen molar-refractivity contribution >= 4 is 66.0 Å². The van der Waals surface area contributed by atoms with Crippen molar-refractivity contribution in [2.45, 2.75) is 0 Å². The van der Waals surface area contributed by atoms with Crippen LogP contribution in [0.25, 0.3) is 76.2 Å². The van der Waals surface area contributed by atoms with Gasteiger partial charge in [0.25, 0.3) is 0 Å². The van der Waals surface area contributed by atoms with Gasteiger partial charge in [-0.05, 0) is 93.5 Å². The van der Waals surface area contributed by atoms with E-state index in [1.807, 2.05) is 6.07 Å². The first-order valence-corrected chi connectivity index (χ1v) is 12.5. The van der Waals surface area contributed by atoms with Crippen LogP contribution in [0, 0.1) is 0 Å². The third-order valence-electron chi connectivity index (χ3n) is 6.97. The summed E-state index contributed by atoms with van der Waals surface area (Å²) in [4.78, 5) is 1.26. The summed E-state index contributed by atoms with van der Waals surface area (Å²) in [5, 5.41) is 9.08. The summed E-state index contributed by atoms with van der Waals surface area (Å²) in [5.74, 6) is 0. The van der Waals surface area contributed by atoms with Gasteiger partial charge in [-0.15, -0.1) is 11.3 Å². The molecule has 0 saturated carbocycles. The first-order valence-electron chi connectivity index (χ1n) is 11.7. The van der Waals surface area contributed by atoms with Gasteiger partial charge in [-0.2, -0.15) is 0 Å². The first-order chi connectivity index (χ1) is 17.3. The minimum absolute atomic E-state index is 0.907. The molecule has 0 bridgehead atoms. The zero-order valence-corrected chi connectivity index (χ0v) is 19.4. The van der Waals surface area contributed by atoms with E-state index in [1.165, 1.54) is 32.3 Å². The average molecular weight is 467 g/mol. The topological polar surface area (TPSA) is 26.3 Å². The van der Waals surface area contributed by atoms with Gasteiger partial charge in [0.05, 0.1) is 0 Å². The summed E-state index contributed by atoms with van der Waals surface area (Å²) < 4.78 is 12.5. The maximum absolute atomic E-state index is 6.28. The molecule has 35 heavy (non-hydrogen) atoms. The number of benzene rings is 5. The smallest absolute Gasteiger partial charge is 0.136 e. The molecule has 0 aliphatic rings. The predicted octanol–water partition coefficient (Wildman–Crippen LogP) is 10.0. The van der Waals surface area contributed by atoms with Crippen LogP contribution in [0.1, 0.15) is 0 Å². The standard InChI is InChI=1S/C32H18O2S/c1-2-5-19(6-3-1)20-8-12-26-24(17-20)31-22-10-15-29-32(23(22)11-14-28(31)33-26)25-18-21(9-13-27(25)34-29)30-7-4-16-35-30/h1-18H. The summed E-state index contributed by atoms with van der Waals surface area (Å²) in [6.07, 6.45) is 0. The normalized spacial score (nSPS) is 12.0. The SMILES string of the molecule is c1ccc(-c2ccc3oc4ccc5c(ccc6oc7ccc(-c8cccs8)cc7c65)c4c3c2)cc1. The second-order valence-electron chi connectivity index (χ2n) is 8.94. The van der Waals surface area contributed by atoms with E-state index in [4.69, 9.17) is 8.83 Å². The van der Waals surface area contributed by atoms with Gasteiger partial charge in [-0.3, -0.25) is 0 Å². The van der Waals surface area contributed by atoms with Crippen LogP contribution in [-0.4, -0.2) is 0 Å². The van der Waals surface area contributed by atoms with Crippen LogP contribution < -0.4 is 0 Å². The van der Waals surface area contributed by atoms with Crippen molar-refractivity contribution in [3.63, 3.8) is 0 Å². The summed E-state index contributed by atoms with van der Waals surface area (Å²) in [6.45, 7) is 0. The Morgan fingerprint density at radius 1 is 0.429 bits per heavy atom. The van der Waals surface area contributed by atoms with Gasteiger partial charge in [0, 0.05) is 26.4 Å². The molecule has 0 saturated heterocycles. The van der Waals surface area contributed by atoms with Crippen LogP contribution in [0.15, 0.2) is 117 Å². The molecule has 0 N–H and O–H groups in total. The average Bonchev–Trinajstić information content (AvgIpc) is 3.65. The highest BCUT2D eigenvalue weighted by Crippen LogP contribution is 2.42. The third kappa shape index (κ3) is 2.76. The largest absolute Gasteiger partial charge is 0.456 e. The molecule has 8 aromatic rings. The fourth-order valence-electron chi connectivity index (χ4n) is 5.36. The van der Waals surface area contributed by atoms with E-state index in [-0.39, 0.29) is 0 Å². The summed E-state index contributed by atoms with van der Waals surface area (Å²) in [6, 6.07) is 36.3. The molecule has 5 aromatic carbocycles. The molecule has 3 aromatic heterocycles. The van der Waals surface area contributed by atoms with Gasteiger partial charge in [-0.25, -0.2) is 0 Å². The highest BCUT2D eigenvalue weighted by atomic mass is 32.1. The van der Waals surface area contributed by atoms with E-state index in [0.29, 0.717) is 0 Å². The number of hydrogen-bond donors (Lipinski definition) is 0. The molecule has 0 fully saturated rings. The van der Waals surface area contributed by atoms with Crippen molar-refractivity contribution in [1.82, 2.24) is 0 Å². The van der Waals surface area contributed by atoms with Crippen LogP contribution in [-0.2, 0) is 0 Å². The monoisotopic (exact) mass is 466 g/mol. The van der Waals surface area contributed by atoms with Gasteiger partial charge in [0.1, 0.15) is 22.3 Å². The van der Waals surface area contributed by atoms with E-state index >= 15 is 0 Å². The van der Waals surface area contributed by atoms with Crippen molar-refractivity contribution in [3.8, 4) is 21.6 Å². The Hall–Kier alpha value is -4.34. The van der Waals surface area contributed by atoms with E-state index in [1.54, 1.807) is 11.3 Å². The third-order valence-corrected chi connectivity index (χ3v) is 7.89. The molecule has 0 aliphatic heterocycles. The van der Waals surface area contributed by atoms with E-state index < -0.39 is 0 Å². The van der Waals surface area contributed by atoms with Crippen LogP contribution in [0.5, 0.6) is 0 Å². The van der Waals surface area contributed by atoms with Crippen molar-refractivity contribution < 1.29 is 8.83 Å². The second kappa shape index (κ2) is 7.08. The molecular formula is C32H18O2S. The number of rotatable bonds is 2. The lowest BCUT2D eigenvalue weighted by atomic mass is 9.97. The van der Waals surface area contributed by atoms with Gasteiger partial charge in [-0.1, -0.05) is 42.5 Å². The fourth-order valence-corrected chi connectivity index (χ4v) is 6.09. The van der Waals surface area contributed by atoms with E-state index in [0.717, 1.165) is 43.9 Å². The maximum atomic E-state index is 6.28. The number of fused-ring (bicyclic) bond motifs is 9. The Labute approximate surface area is 204 Å². The molecule has 0 aliphatic carbocycles. The van der Waals surface area contributed by atoms with E-state index in [9.17, 15) is 0 Å². The zero-order valence-electron chi connectivity index (χ0n) is 18.6. The Balaban J connectivity index is 1.46. The van der Waals surface area contributed by atoms with Gasteiger partial charge in [0.2, 0.25) is 0 Å². The van der Waals surface area contributed by atoms with Crippen LogP contribution >= 0.6 is 11.3 Å². The van der Waals surface area contributed by atoms with Gasteiger partial charge < -0.3 is 8.83 Å². The van der Waals surface area contributed by atoms with Crippen LogP contribution in [0.2, 0.25) is 0 Å². The van der Waals surface area contributed by atoms with Crippen molar-refractivity contribution in [2.75, 3.05) is 0 Å². The van der Waals surface area contributed by atoms with Crippen molar-refractivity contribution in [1.29, 1.82) is 0 Å². The highest BCUT2D eigenvalue weighted by Gasteiger charge is 2.17. The minimum Gasteiger partial charge on any atom is -0.456 e. The maximum Gasteiger partial charge on any atom is 0.136 e. The summed E-state index contributed by atoms with van der Waals surface area (Å²) in [7, 11) is 0. The van der Waals surface area contributed by atoms with Crippen LogP contribution in [0.4, 0.5) is 0 Å². The number of thiophene rings is 1. The second-order valence-corrected chi connectivity index (χ2v) is 9.89. The van der Waals surface area contributed by atoms with Gasteiger partial charge in [0.15, 0.2) is 0 Å².